The zero-order chi connectivity index (χ0) is 16.3. The van der Waals surface area contributed by atoms with Crippen LogP contribution in [-0.2, 0) is 28.5 Å². The molecule has 0 aromatic rings. The van der Waals surface area contributed by atoms with Gasteiger partial charge >= 0.3 is 0 Å². The lowest BCUT2D eigenvalue weighted by atomic mass is 9.97. The number of hydrogen-bond donors (Lipinski definition) is 1. The fourth-order valence-corrected chi connectivity index (χ4v) is 3.14. The number of fused-ring (bicyclic) bond motifs is 3. The van der Waals surface area contributed by atoms with E-state index < -0.39 is 42.3 Å². The Balaban J connectivity index is 1.92. The summed E-state index contributed by atoms with van der Waals surface area (Å²) in [6.45, 7) is 8.48. The van der Waals surface area contributed by atoms with Gasteiger partial charge in [-0.25, -0.2) is 0 Å². The van der Waals surface area contributed by atoms with Gasteiger partial charge in [0.05, 0.1) is 0 Å². The molecule has 3 aliphatic rings. The van der Waals surface area contributed by atoms with Gasteiger partial charge in [0.1, 0.15) is 30.2 Å². The SMILES string of the molecule is CC(=O)/C=C(\O)[C@H]1O[C@@H]2OC(C)(C)O[C@@H]2[C@H]2OC(C)(C)O[C@H]21. The summed E-state index contributed by atoms with van der Waals surface area (Å²) >= 11 is 0. The normalized spacial score (nSPS) is 42.8. The van der Waals surface area contributed by atoms with Crippen LogP contribution in [0.1, 0.15) is 34.6 Å². The van der Waals surface area contributed by atoms with Crippen molar-refractivity contribution in [3.63, 3.8) is 0 Å². The number of allylic oxidation sites excluding steroid dienone is 1. The first-order valence-corrected chi connectivity index (χ1v) is 7.36. The minimum atomic E-state index is -0.838. The molecule has 0 aromatic heterocycles. The van der Waals surface area contributed by atoms with Crippen LogP contribution in [0.25, 0.3) is 0 Å². The van der Waals surface area contributed by atoms with Crippen LogP contribution < -0.4 is 0 Å². The predicted octanol–water partition coefficient (Wildman–Crippen LogP) is 1.41. The van der Waals surface area contributed by atoms with Crippen LogP contribution in [0.5, 0.6) is 0 Å². The van der Waals surface area contributed by atoms with E-state index >= 15 is 0 Å². The van der Waals surface area contributed by atoms with Gasteiger partial charge in [-0.05, 0) is 34.6 Å². The van der Waals surface area contributed by atoms with Gasteiger partial charge < -0.3 is 28.8 Å². The van der Waals surface area contributed by atoms with E-state index in [1.165, 1.54) is 6.92 Å². The van der Waals surface area contributed by atoms with E-state index in [2.05, 4.69) is 0 Å². The first-order valence-electron chi connectivity index (χ1n) is 7.36. The third kappa shape index (κ3) is 2.79. The molecule has 0 aromatic carbocycles. The molecule has 0 unspecified atom stereocenters. The number of aliphatic hydroxyl groups excluding tert-OH is 1. The second kappa shape index (κ2) is 5.01. The number of rotatable bonds is 2. The number of ether oxygens (including phenoxy) is 5. The highest BCUT2D eigenvalue weighted by molar-refractivity contribution is 5.87. The van der Waals surface area contributed by atoms with E-state index in [0.717, 1.165) is 6.08 Å². The summed E-state index contributed by atoms with van der Waals surface area (Å²) in [6, 6.07) is 0. The zero-order valence-electron chi connectivity index (χ0n) is 13.4. The Morgan fingerprint density at radius 2 is 1.50 bits per heavy atom. The molecule has 0 spiro atoms. The van der Waals surface area contributed by atoms with Crippen LogP contribution >= 0.6 is 0 Å². The number of aliphatic hydroxyl groups is 1. The molecule has 0 bridgehead atoms. The van der Waals surface area contributed by atoms with Crippen molar-refractivity contribution in [1.29, 1.82) is 0 Å². The standard InChI is InChI=1S/C15H22O7/c1-7(16)6-8(17)9-10-11(20-14(2,3)19-10)12-13(18-9)22-15(4,5)21-12/h6,9-13,17H,1-5H3/b8-6-/t9-,10+,11+,12-,13-/m1/s1. The molecule has 0 radical (unpaired) electrons. The molecule has 3 heterocycles. The summed E-state index contributed by atoms with van der Waals surface area (Å²) in [5, 5.41) is 10.2. The number of ketones is 1. The van der Waals surface area contributed by atoms with Gasteiger partial charge in [0, 0.05) is 6.08 Å². The lowest BCUT2D eigenvalue weighted by molar-refractivity contribution is -0.230. The van der Waals surface area contributed by atoms with Gasteiger partial charge in [0.25, 0.3) is 0 Å². The van der Waals surface area contributed by atoms with Crippen LogP contribution in [-0.4, -0.2) is 53.2 Å². The van der Waals surface area contributed by atoms with Gasteiger partial charge in [-0.3, -0.25) is 4.79 Å². The van der Waals surface area contributed by atoms with Crippen molar-refractivity contribution < 1.29 is 33.6 Å². The third-order valence-corrected chi connectivity index (χ3v) is 3.80. The van der Waals surface area contributed by atoms with Crippen LogP contribution in [0, 0.1) is 0 Å². The summed E-state index contributed by atoms with van der Waals surface area (Å²) in [4.78, 5) is 11.2. The maximum Gasteiger partial charge on any atom is 0.190 e. The van der Waals surface area contributed by atoms with Crippen molar-refractivity contribution >= 4 is 5.78 Å². The Morgan fingerprint density at radius 1 is 0.955 bits per heavy atom. The fourth-order valence-electron chi connectivity index (χ4n) is 3.14. The summed E-state index contributed by atoms with van der Waals surface area (Å²) in [7, 11) is 0. The van der Waals surface area contributed by atoms with Crippen LogP contribution in [0.4, 0.5) is 0 Å². The van der Waals surface area contributed by atoms with E-state index in [0.29, 0.717) is 0 Å². The van der Waals surface area contributed by atoms with E-state index in [-0.39, 0.29) is 11.5 Å². The average molecular weight is 314 g/mol. The van der Waals surface area contributed by atoms with Gasteiger partial charge in [-0.2, -0.15) is 0 Å². The first kappa shape index (κ1) is 15.9. The van der Waals surface area contributed by atoms with Gasteiger partial charge in [0.15, 0.2) is 23.6 Å². The molecule has 3 aliphatic heterocycles. The number of carbonyl (C=O) groups is 1. The summed E-state index contributed by atoms with van der Waals surface area (Å²) in [5.41, 5.74) is 0. The fraction of sp³-hybridized carbons (Fsp3) is 0.800. The topological polar surface area (TPSA) is 83.5 Å². The molecule has 3 fully saturated rings. The first-order chi connectivity index (χ1) is 10.1. The molecule has 22 heavy (non-hydrogen) atoms. The molecular weight excluding hydrogens is 292 g/mol. The summed E-state index contributed by atoms with van der Waals surface area (Å²) in [5.74, 6) is -2.12. The summed E-state index contributed by atoms with van der Waals surface area (Å²) < 4.78 is 29.1. The van der Waals surface area contributed by atoms with Crippen molar-refractivity contribution in [2.75, 3.05) is 0 Å². The Morgan fingerprint density at radius 3 is 2.14 bits per heavy atom. The molecule has 0 saturated carbocycles. The zero-order valence-corrected chi connectivity index (χ0v) is 13.4. The predicted molar refractivity (Wildman–Crippen MR) is 73.9 cm³/mol. The summed E-state index contributed by atoms with van der Waals surface area (Å²) in [6.07, 6.45) is -1.90. The average Bonchev–Trinajstić information content (AvgIpc) is 2.81. The molecule has 124 valence electrons. The van der Waals surface area contributed by atoms with Crippen molar-refractivity contribution in [3.8, 4) is 0 Å². The quantitative estimate of drug-likeness (QED) is 0.609. The molecule has 3 rings (SSSR count). The van der Waals surface area contributed by atoms with E-state index in [9.17, 15) is 9.90 Å². The van der Waals surface area contributed by atoms with E-state index in [1.54, 1.807) is 27.7 Å². The minimum Gasteiger partial charge on any atom is -0.509 e. The molecule has 0 amide bonds. The van der Waals surface area contributed by atoms with Crippen LogP contribution in [0.15, 0.2) is 11.8 Å². The number of hydrogen-bond acceptors (Lipinski definition) is 7. The Kier molecular flexibility index (Phi) is 3.61. The van der Waals surface area contributed by atoms with Crippen molar-refractivity contribution in [2.24, 2.45) is 0 Å². The lowest BCUT2D eigenvalue weighted by Gasteiger charge is -2.36. The van der Waals surface area contributed by atoms with Crippen molar-refractivity contribution in [1.82, 2.24) is 0 Å². The minimum absolute atomic E-state index is 0.199. The Labute approximate surface area is 129 Å². The largest absolute Gasteiger partial charge is 0.509 e. The highest BCUT2D eigenvalue weighted by Gasteiger charge is 2.61. The molecule has 7 nitrogen and oxygen atoms in total. The Hall–Kier alpha value is -0.990. The molecule has 5 atom stereocenters. The molecule has 7 heteroatoms. The van der Waals surface area contributed by atoms with Crippen LogP contribution in [0.2, 0.25) is 0 Å². The highest BCUT2D eigenvalue weighted by atomic mass is 16.9. The lowest BCUT2D eigenvalue weighted by Crippen LogP contribution is -2.55. The van der Waals surface area contributed by atoms with Crippen LogP contribution in [0.3, 0.4) is 0 Å². The Bertz CT molecular complexity index is 510. The molecule has 0 aliphatic carbocycles. The van der Waals surface area contributed by atoms with E-state index in [4.69, 9.17) is 23.7 Å². The van der Waals surface area contributed by atoms with Gasteiger partial charge in [-0.1, -0.05) is 0 Å². The van der Waals surface area contributed by atoms with E-state index in [1.807, 2.05) is 0 Å². The second-order valence-electron chi connectivity index (χ2n) is 6.77. The maximum atomic E-state index is 11.2. The third-order valence-electron chi connectivity index (χ3n) is 3.80. The van der Waals surface area contributed by atoms with Gasteiger partial charge in [-0.15, -0.1) is 0 Å². The van der Waals surface area contributed by atoms with Crippen molar-refractivity contribution in [2.45, 2.75) is 76.9 Å². The molecule has 3 saturated heterocycles. The smallest absolute Gasteiger partial charge is 0.190 e. The molecular formula is C15H22O7. The maximum absolute atomic E-state index is 11.2. The van der Waals surface area contributed by atoms with Gasteiger partial charge in [0.2, 0.25) is 0 Å². The highest BCUT2D eigenvalue weighted by Crippen LogP contribution is 2.45. The molecule has 1 N–H and O–H groups in total. The second-order valence-corrected chi connectivity index (χ2v) is 6.77. The number of carbonyl (C=O) groups excluding carboxylic acids is 1. The monoisotopic (exact) mass is 314 g/mol. The van der Waals surface area contributed by atoms with Crippen molar-refractivity contribution in [3.05, 3.63) is 11.8 Å².